The molecule has 3 heterocycles. The molecule has 14 heteroatoms. The average Bonchev–Trinajstić information content (AvgIpc) is 3.85. The van der Waals surface area contributed by atoms with E-state index in [9.17, 15) is 22.8 Å². The van der Waals surface area contributed by atoms with Gasteiger partial charge in [0.1, 0.15) is 29.8 Å². The van der Waals surface area contributed by atoms with Crippen molar-refractivity contribution in [1.82, 2.24) is 24.4 Å². The molecule has 11 nitrogen and oxygen atoms in total. The fourth-order valence-corrected chi connectivity index (χ4v) is 8.02. The molecule has 3 aliphatic rings. The van der Waals surface area contributed by atoms with Crippen molar-refractivity contribution in [2.75, 3.05) is 13.1 Å². The van der Waals surface area contributed by atoms with E-state index in [1.807, 2.05) is 6.07 Å². The Labute approximate surface area is 264 Å². The zero-order chi connectivity index (χ0) is 31.0. The van der Waals surface area contributed by atoms with E-state index >= 15 is 0 Å². The lowest BCUT2D eigenvalue weighted by molar-refractivity contribution is -0.167. The fraction of sp³-hybridized carbons (Fsp3) is 0.333. The second-order valence-electron chi connectivity index (χ2n) is 10.9. The van der Waals surface area contributed by atoms with Crippen LogP contribution in [0.1, 0.15) is 24.0 Å². The maximum Gasteiger partial charge on any atom is 0.408 e. The quantitative estimate of drug-likeness (QED) is 0.393. The van der Waals surface area contributed by atoms with E-state index in [0.717, 1.165) is 22.7 Å². The third kappa shape index (κ3) is 6.12. The van der Waals surface area contributed by atoms with Crippen molar-refractivity contribution in [3.63, 3.8) is 0 Å². The lowest BCUT2D eigenvalue weighted by atomic mass is 9.97. The lowest BCUT2D eigenvalue weighted by Gasteiger charge is -2.53. The van der Waals surface area contributed by atoms with Crippen molar-refractivity contribution in [3.05, 3.63) is 94.2 Å². The van der Waals surface area contributed by atoms with Crippen LogP contribution in [0.3, 0.4) is 0 Å². The molecule has 1 saturated carbocycles. The molecular formula is C30H29Cl2N5O6S. The maximum absolute atomic E-state index is 14.3. The zero-order valence-corrected chi connectivity index (χ0v) is 25.7. The Balaban J connectivity index is 1.37. The molecule has 3 atom stereocenters. The normalized spacial score (nSPS) is 22.5. The monoisotopic (exact) mass is 657 g/mol. The molecule has 0 spiro atoms. The summed E-state index contributed by atoms with van der Waals surface area (Å²) in [7, 11) is -4.36. The van der Waals surface area contributed by atoms with Crippen molar-refractivity contribution in [3.8, 4) is 0 Å². The Morgan fingerprint density at radius 2 is 1.73 bits per heavy atom. The van der Waals surface area contributed by atoms with E-state index in [1.54, 1.807) is 53.7 Å². The minimum Gasteiger partial charge on any atom is -0.445 e. The van der Waals surface area contributed by atoms with Gasteiger partial charge in [0.25, 0.3) is 0 Å². The molecule has 2 aromatic carbocycles. The number of hydrogen-bond donors (Lipinski definition) is 1. The van der Waals surface area contributed by atoms with Crippen LogP contribution in [-0.2, 0) is 37.4 Å². The summed E-state index contributed by atoms with van der Waals surface area (Å²) in [6, 6.07) is 14.1. The summed E-state index contributed by atoms with van der Waals surface area (Å²) in [5, 5.41) is 2.71. The number of rotatable bonds is 8. The first-order valence-corrected chi connectivity index (χ1v) is 16.3. The van der Waals surface area contributed by atoms with Crippen LogP contribution in [0.4, 0.5) is 4.79 Å². The number of ether oxygens (including phenoxy) is 1. The van der Waals surface area contributed by atoms with Crippen molar-refractivity contribution in [2.24, 2.45) is 0 Å². The number of benzene rings is 2. The number of halogens is 2. The first-order chi connectivity index (χ1) is 21.1. The fourth-order valence-electron chi connectivity index (χ4n) is 5.69. The van der Waals surface area contributed by atoms with Gasteiger partial charge in [-0.25, -0.2) is 13.2 Å². The molecular weight excluding hydrogens is 629 g/mol. The molecule has 1 N–H and O–H groups in total. The number of aromatic nitrogens is 1. The van der Waals surface area contributed by atoms with Crippen molar-refractivity contribution in [2.45, 2.75) is 55.1 Å². The number of carbonyl (C=O) groups excluding carboxylic acids is 3. The van der Waals surface area contributed by atoms with Crippen LogP contribution in [-0.4, -0.2) is 82.8 Å². The van der Waals surface area contributed by atoms with Crippen LogP contribution in [0, 0.1) is 0 Å². The minimum atomic E-state index is -4.36. The Morgan fingerprint density at radius 3 is 2.41 bits per heavy atom. The van der Waals surface area contributed by atoms with Crippen LogP contribution in [0.15, 0.2) is 78.0 Å². The SMILES string of the molecule is O=C(NC1CN(S(=O)(=O)c2ccc(Cl)cc2Cl)C2CN(C3CC3)C(=O)C(Cc3cccnc3)N2C1=O)OCc1ccccc1. The number of amides is 3. The molecule has 2 aliphatic heterocycles. The largest absolute Gasteiger partial charge is 0.445 e. The number of nitrogens with one attached hydrogen (secondary N) is 1. The summed E-state index contributed by atoms with van der Waals surface area (Å²) < 4.78 is 35.0. The number of hydrogen-bond acceptors (Lipinski definition) is 7. The molecule has 3 unspecified atom stereocenters. The second-order valence-corrected chi connectivity index (χ2v) is 13.6. The van der Waals surface area contributed by atoms with Gasteiger partial charge in [-0.15, -0.1) is 0 Å². The predicted molar refractivity (Wildman–Crippen MR) is 161 cm³/mol. The van der Waals surface area contributed by atoms with E-state index in [0.29, 0.717) is 5.56 Å². The van der Waals surface area contributed by atoms with Gasteiger partial charge in [-0.3, -0.25) is 14.6 Å². The Bertz CT molecular complexity index is 1680. The predicted octanol–water partition coefficient (Wildman–Crippen LogP) is 3.46. The number of piperazine rings is 1. The highest BCUT2D eigenvalue weighted by Gasteiger charge is 2.56. The summed E-state index contributed by atoms with van der Waals surface area (Å²) in [5.41, 5.74) is 1.43. The number of pyridine rings is 1. The smallest absolute Gasteiger partial charge is 0.408 e. The van der Waals surface area contributed by atoms with E-state index in [-0.39, 0.29) is 46.5 Å². The van der Waals surface area contributed by atoms with Gasteiger partial charge in [0, 0.05) is 36.4 Å². The summed E-state index contributed by atoms with van der Waals surface area (Å²) in [6.45, 7) is -0.469. The van der Waals surface area contributed by atoms with Gasteiger partial charge in [0.15, 0.2) is 0 Å². The maximum atomic E-state index is 14.3. The van der Waals surface area contributed by atoms with Gasteiger partial charge in [-0.1, -0.05) is 59.6 Å². The molecule has 0 bridgehead atoms. The van der Waals surface area contributed by atoms with E-state index in [1.165, 1.54) is 23.1 Å². The van der Waals surface area contributed by atoms with Gasteiger partial charge in [-0.05, 0) is 48.2 Å². The van der Waals surface area contributed by atoms with Crippen molar-refractivity contribution < 1.29 is 27.5 Å². The van der Waals surface area contributed by atoms with Crippen LogP contribution < -0.4 is 5.32 Å². The van der Waals surface area contributed by atoms with Gasteiger partial charge >= 0.3 is 6.09 Å². The number of fused-ring (bicyclic) bond motifs is 1. The van der Waals surface area contributed by atoms with Gasteiger partial charge in [-0.2, -0.15) is 4.31 Å². The number of nitrogens with zero attached hydrogens (tertiary/aromatic N) is 4. The van der Waals surface area contributed by atoms with Crippen molar-refractivity contribution in [1.29, 1.82) is 0 Å². The molecule has 1 aliphatic carbocycles. The Kier molecular flexibility index (Phi) is 8.51. The first-order valence-electron chi connectivity index (χ1n) is 14.1. The highest BCUT2D eigenvalue weighted by atomic mass is 35.5. The van der Waals surface area contributed by atoms with Crippen LogP contribution in [0.25, 0.3) is 0 Å². The average molecular weight is 659 g/mol. The third-order valence-corrected chi connectivity index (χ3v) is 10.5. The Morgan fingerprint density at radius 1 is 0.977 bits per heavy atom. The number of alkyl carbamates (subject to hydrolysis) is 1. The minimum absolute atomic E-state index is 0.0195. The molecule has 1 aromatic heterocycles. The summed E-state index contributed by atoms with van der Waals surface area (Å²) in [6.07, 6.45) is 2.95. The summed E-state index contributed by atoms with van der Waals surface area (Å²) in [4.78, 5) is 47.8. The highest BCUT2D eigenvalue weighted by Crippen LogP contribution is 2.38. The molecule has 230 valence electrons. The molecule has 3 fully saturated rings. The van der Waals surface area contributed by atoms with E-state index < -0.39 is 46.8 Å². The van der Waals surface area contributed by atoms with E-state index in [2.05, 4.69) is 10.3 Å². The highest BCUT2D eigenvalue weighted by molar-refractivity contribution is 7.89. The van der Waals surface area contributed by atoms with Gasteiger partial charge in [0.05, 0.1) is 11.6 Å². The lowest BCUT2D eigenvalue weighted by Crippen LogP contribution is -2.76. The molecule has 6 rings (SSSR count). The topological polar surface area (TPSA) is 129 Å². The second kappa shape index (κ2) is 12.4. The van der Waals surface area contributed by atoms with Crippen LogP contribution >= 0.6 is 23.2 Å². The van der Waals surface area contributed by atoms with E-state index in [4.69, 9.17) is 27.9 Å². The molecule has 3 amide bonds. The molecule has 3 aromatic rings. The molecule has 2 saturated heterocycles. The standard InChI is InChI=1S/C30H29Cl2N5O6S/c31-21-8-11-26(23(32)14-21)44(41,42)36-16-24(34-30(40)43-18-19-5-2-1-3-6-19)28(38)37-25(13-20-7-4-12-33-15-20)29(39)35(17-27(36)37)22-9-10-22/h1-8,11-12,14-15,22,24-25,27H,9-10,13,16-18H2,(H,34,40). The van der Waals surface area contributed by atoms with Gasteiger partial charge < -0.3 is 19.9 Å². The molecule has 44 heavy (non-hydrogen) atoms. The summed E-state index contributed by atoms with van der Waals surface area (Å²) in [5.74, 6) is -0.867. The zero-order valence-electron chi connectivity index (χ0n) is 23.4. The molecule has 0 radical (unpaired) electrons. The third-order valence-electron chi connectivity index (χ3n) is 7.96. The Hall–Kier alpha value is -3.71. The van der Waals surface area contributed by atoms with Gasteiger partial charge in [0.2, 0.25) is 21.8 Å². The first kappa shape index (κ1) is 30.3. The summed E-state index contributed by atoms with van der Waals surface area (Å²) >= 11 is 12.4. The van der Waals surface area contributed by atoms with Crippen molar-refractivity contribution >= 4 is 51.1 Å². The van der Waals surface area contributed by atoms with Crippen LogP contribution in [0.2, 0.25) is 10.0 Å². The van der Waals surface area contributed by atoms with Crippen LogP contribution in [0.5, 0.6) is 0 Å². The number of sulfonamides is 1. The number of carbonyl (C=O) groups is 3.